The zero-order valence-corrected chi connectivity index (χ0v) is 9.82. The number of esters is 2. The number of carbonyl (C=O) groups is 2. The van der Waals surface area contributed by atoms with Crippen LogP contribution >= 0.6 is 0 Å². The number of ether oxygens (including phenoxy) is 2. The SMILES string of the molecule is C=C(C(=O)OC)C(C(=O)OC)C1CCCC1. The van der Waals surface area contributed by atoms with E-state index in [0.717, 1.165) is 25.7 Å². The minimum absolute atomic E-state index is 0.166. The second kappa shape index (κ2) is 5.68. The Hall–Kier alpha value is -1.32. The van der Waals surface area contributed by atoms with Gasteiger partial charge >= 0.3 is 11.9 Å². The van der Waals surface area contributed by atoms with E-state index in [2.05, 4.69) is 11.3 Å². The topological polar surface area (TPSA) is 52.6 Å². The van der Waals surface area contributed by atoms with Crippen LogP contribution in [0.3, 0.4) is 0 Å². The van der Waals surface area contributed by atoms with Gasteiger partial charge in [0.05, 0.1) is 20.1 Å². The van der Waals surface area contributed by atoms with Crippen molar-refractivity contribution in [3.05, 3.63) is 12.2 Å². The molecule has 0 aliphatic heterocycles. The van der Waals surface area contributed by atoms with Gasteiger partial charge in [-0.3, -0.25) is 4.79 Å². The smallest absolute Gasteiger partial charge is 0.334 e. The van der Waals surface area contributed by atoms with Crippen LogP contribution in [0.25, 0.3) is 0 Å². The standard InChI is InChI=1S/C12H18O4/c1-8(11(13)15-2)10(12(14)16-3)9-6-4-5-7-9/h9-10H,1,4-7H2,2-3H3. The van der Waals surface area contributed by atoms with Gasteiger partial charge in [0.15, 0.2) is 0 Å². The van der Waals surface area contributed by atoms with Gasteiger partial charge in [-0.2, -0.15) is 0 Å². The maximum atomic E-state index is 11.7. The number of hydrogen-bond acceptors (Lipinski definition) is 4. The van der Waals surface area contributed by atoms with E-state index in [1.807, 2.05) is 0 Å². The van der Waals surface area contributed by atoms with Crippen molar-refractivity contribution in [2.24, 2.45) is 11.8 Å². The Bertz CT molecular complexity index is 289. The van der Waals surface area contributed by atoms with Crippen molar-refractivity contribution >= 4 is 11.9 Å². The maximum Gasteiger partial charge on any atom is 0.334 e. The molecule has 16 heavy (non-hydrogen) atoms. The summed E-state index contributed by atoms with van der Waals surface area (Å²) in [5, 5.41) is 0. The van der Waals surface area contributed by atoms with Crippen LogP contribution in [0.4, 0.5) is 0 Å². The predicted octanol–water partition coefficient (Wildman–Crippen LogP) is 1.69. The number of carbonyl (C=O) groups excluding carboxylic acids is 2. The summed E-state index contributed by atoms with van der Waals surface area (Å²) in [7, 11) is 2.62. The molecule has 0 heterocycles. The third kappa shape index (κ3) is 2.62. The summed E-state index contributed by atoms with van der Waals surface area (Å²) < 4.78 is 9.33. The van der Waals surface area contributed by atoms with E-state index >= 15 is 0 Å². The minimum Gasteiger partial charge on any atom is -0.469 e. The van der Waals surface area contributed by atoms with E-state index in [4.69, 9.17) is 4.74 Å². The van der Waals surface area contributed by atoms with Crippen molar-refractivity contribution in [3.8, 4) is 0 Å². The number of methoxy groups -OCH3 is 2. The molecule has 0 saturated heterocycles. The van der Waals surface area contributed by atoms with E-state index < -0.39 is 11.9 Å². The third-order valence-corrected chi connectivity index (χ3v) is 3.15. The molecule has 0 aromatic rings. The lowest BCUT2D eigenvalue weighted by atomic mass is 9.85. The second-order valence-corrected chi connectivity index (χ2v) is 4.06. The Morgan fingerprint density at radius 1 is 1.19 bits per heavy atom. The molecule has 0 aromatic heterocycles. The quantitative estimate of drug-likeness (QED) is 0.540. The number of rotatable bonds is 4. The molecule has 90 valence electrons. The summed E-state index contributed by atoms with van der Waals surface area (Å²) in [5.41, 5.74) is 0.209. The number of hydrogen-bond donors (Lipinski definition) is 0. The summed E-state index contributed by atoms with van der Waals surface area (Å²) in [6, 6.07) is 0. The summed E-state index contributed by atoms with van der Waals surface area (Å²) in [5.74, 6) is -1.29. The highest BCUT2D eigenvalue weighted by atomic mass is 16.5. The molecule has 1 aliphatic carbocycles. The van der Waals surface area contributed by atoms with Crippen molar-refractivity contribution in [2.45, 2.75) is 25.7 Å². The Balaban J connectivity index is 2.81. The fraction of sp³-hybridized carbons (Fsp3) is 0.667. The van der Waals surface area contributed by atoms with Gasteiger partial charge in [-0.25, -0.2) is 4.79 Å². The van der Waals surface area contributed by atoms with Gasteiger partial charge in [0.25, 0.3) is 0 Å². The van der Waals surface area contributed by atoms with Crippen LogP contribution in [-0.4, -0.2) is 26.2 Å². The fourth-order valence-electron chi connectivity index (χ4n) is 2.29. The molecule has 0 N–H and O–H groups in total. The molecule has 0 amide bonds. The van der Waals surface area contributed by atoms with Gasteiger partial charge in [0.1, 0.15) is 0 Å². The molecular weight excluding hydrogens is 208 g/mol. The highest BCUT2D eigenvalue weighted by Gasteiger charge is 2.36. The van der Waals surface area contributed by atoms with E-state index in [1.165, 1.54) is 14.2 Å². The first-order valence-electron chi connectivity index (χ1n) is 5.46. The molecule has 0 spiro atoms. The lowest BCUT2D eigenvalue weighted by Crippen LogP contribution is -2.29. The molecule has 0 bridgehead atoms. The van der Waals surface area contributed by atoms with Crippen molar-refractivity contribution in [2.75, 3.05) is 14.2 Å². The summed E-state index contributed by atoms with van der Waals surface area (Å²) in [6.07, 6.45) is 4.06. The van der Waals surface area contributed by atoms with Crippen LogP contribution in [0.5, 0.6) is 0 Å². The largest absolute Gasteiger partial charge is 0.469 e. The molecule has 1 rings (SSSR count). The maximum absolute atomic E-state index is 11.7. The Morgan fingerprint density at radius 2 is 1.75 bits per heavy atom. The zero-order chi connectivity index (χ0) is 12.1. The molecule has 1 unspecified atom stereocenters. The van der Waals surface area contributed by atoms with Crippen molar-refractivity contribution in [3.63, 3.8) is 0 Å². The van der Waals surface area contributed by atoms with Gasteiger partial charge in [-0.15, -0.1) is 0 Å². The molecule has 1 aliphatic rings. The first kappa shape index (κ1) is 12.7. The van der Waals surface area contributed by atoms with Crippen LogP contribution in [-0.2, 0) is 19.1 Å². The summed E-state index contributed by atoms with van der Waals surface area (Å²) in [6.45, 7) is 3.66. The molecule has 1 atom stereocenters. The monoisotopic (exact) mass is 226 g/mol. The normalized spacial score (nSPS) is 17.9. The minimum atomic E-state index is -0.542. The van der Waals surface area contributed by atoms with Gasteiger partial charge < -0.3 is 9.47 Å². The molecule has 4 heteroatoms. The molecular formula is C12H18O4. The molecule has 4 nitrogen and oxygen atoms in total. The molecule has 1 fully saturated rings. The van der Waals surface area contributed by atoms with Crippen LogP contribution in [0, 0.1) is 11.8 Å². The van der Waals surface area contributed by atoms with Gasteiger partial charge in [0, 0.05) is 5.57 Å². The average Bonchev–Trinajstić information content (AvgIpc) is 2.81. The Morgan fingerprint density at radius 3 is 2.19 bits per heavy atom. The highest BCUT2D eigenvalue weighted by molar-refractivity contribution is 5.95. The average molecular weight is 226 g/mol. The van der Waals surface area contributed by atoms with Gasteiger partial charge in [-0.1, -0.05) is 19.4 Å². The van der Waals surface area contributed by atoms with Crippen LogP contribution < -0.4 is 0 Å². The van der Waals surface area contributed by atoms with Crippen molar-refractivity contribution in [1.29, 1.82) is 0 Å². The third-order valence-electron chi connectivity index (χ3n) is 3.15. The molecule has 0 aromatic carbocycles. The van der Waals surface area contributed by atoms with E-state index in [9.17, 15) is 9.59 Å². The summed E-state index contributed by atoms with van der Waals surface area (Å²) in [4.78, 5) is 23.1. The lowest BCUT2D eigenvalue weighted by Gasteiger charge is -2.21. The predicted molar refractivity (Wildman–Crippen MR) is 58.6 cm³/mol. The first-order chi connectivity index (χ1) is 7.61. The Labute approximate surface area is 95.6 Å². The Kier molecular flexibility index (Phi) is 4.52. The van der Waals surface area contributed by atoms with Gasteiger partial charge in [0.2, 0.25) is 0 Å². The molecule has 0 radical (unpaired) electrons. The van der Waals surface area contributed by atoms with Crippen LogP contribution in [0.15, 0.2) is 12.2 Å². The van der Waals surface area contributed by atoms with E-state index in [-0.39, 0.29) is 17.5 Å². The first-order valence-corrected chi connectivity index (χ1v) is 5.46. The van der Waals surface area contributed by atoms with E-state index in [0.29, 0.717) is 0 Å². The molecule has 1 saturated carbocycles. The van der Waals surface area contributed by atoms with E-state index in [1.54, 1.807) is 0 Å². The zero-order valence-electron chi connectivity index (χ0n) is 9.82. The summed E-state index contributed by atoms with van der Waals surface area (Å²) >= 11 is 0. The second-order valence-electron chi connectivity index (χ2n) is 4.06. The van der Waals surface area contributed by atoms with Crippen LogP contribution in [0.2, 0.25) is 0 Å². The van der Waals surface area contributed by atoms with Crippen LogP contribution in [0.1, 0.15) is 25.7 Å². The highest BCUT2D eigenvalue weighted by Crippen LogP contribution is 2.35. The van der Waals surface area contributed by atoms with Crippen molar-refractivity contribution in [1.82, 2.24) is 0 Å². The lowest BCUT2D eigenvalue weighted by molar-refractivity contribution is -0.149. The fourth-order valence-corrected chi connectivity index (χ4v) is 2.29. The van der Waals surface area contributed by atoms with Crippen molar-refractivity contribution < 1.29 is 19.1 Å². The van der Waals surface area contributed by atoms with Gasteiger partial charge in [-0.05, 0) is 18.8 Å².